The number of benzene rings is 1. The van der Waals surface area contributed by atoms with Crippen LogP contribution in [0.4, 0.5) is 0 Å². The van der Waals surface area contributed by atoms with E-state index in [1.54, 1.807) is 0 Å². The molecule has 2 rings (SSSR count). The molecular formula is C19H32N4S. The van der Waals surface area contributed by atoms with Gasteiger partial charge in [0.25, 0.3) is 0 Å². The predicted molar refractivity (Wildman–Crippen MR) is 107 cm³/mol. The first-order valence-corrected chi connectivity index (χ1v) is 9.96. The van der Waals surface area contributed by atoms with Crippen LogP contribution in [0.2, 0.25) is 0 Å². The van der Waals surface area contributed by atoms with Crippen LogP contribution in [0.3, 0.4) is 0 Å². The largest absolute Gasteiger partial charge is 0.355 e. The highest BCUT2D eigenvalue weighted by atomic mass is 32.2. The number of likely N-dealkylation sites (tertiary alicyclic amines) is 1. The van der Waals surface area contributed by atoms with E-state index in [1.165, 1.54) is 5.56 Å². The number of hydrogen-bond acceptors (Lipinski definition) is 3. The molecule has 0 amide bonds. The molecule has 4 nitrogen and oxygen atoms in total. The number of hydrogen-bond donors (Lipinski definition) is 2. The van der Waals surface area contributed by atoms with Gasteiger partial charge in [0.1, 0.15) is 0 Å². The highest BCUT2D eigenvalue weighted by molar-refractivity contribution is 7.99. The second-order valence-corrected chi connectivity index (χ2v) is 8.74. The van der Waals surface area contributed by atoms with E-state index in [9.17, 15) is 0 Å². The van der Waals surface area contributed by atoms with Crippen LogP contribution in [0, 0.1) is 0 Å². The molecule has 1 aromatic carbocycles. The molecule has 2 unspecified atom stereocenters. The third kappa shape index (κ3) is 5.71. The van der Waals surface area contributed by atoms with E-state index in [4.69, 9.17) is 0 Å². The standard InChI is InChI=1S/C19H32N4S/c1-15-11-17(13-23(15)12-16-9-7-6-8-10-16)22-18(20-4)21-14-19(2,3)24-5/h6-10,15,17H,11-14H2,1-5H3,(H2,20,21,22). The van der Waals surface area contributed by atoms with Crippen molar-refractivity contribution in [3.05, 3.63) is 35.9 Å². The summed E-state index contributed by atoms with van der Waals surface area (Å²) in [5.41, 5.74) is 1.38. The zero-order chi connectivity index (χ0) is 17.6. The van der Waals surface area contributed by atoms with Gasteiger partial charge < -0.3 is 10.6 Å². The maximum Gasteiger partial charge on any atom is 0.191 e. The van der Waals surface area contributed by atoms with Gasteiger partial charge in [-0.15, -0.1) is 0 Å². The van der Waals surface area contributed by atoms with Gasteiger partial charge in [-0.3, -0.25) is 9.89 Å². The molecule has 5 heteroatoms. The Balaban J connectivity index is 1.85. The maximum absolute atomic E-state index is 4.39. The van der Waals surface area contributed by atoms with Crippen LogP contribution in [-0.4, -0.2) is 54.1 Å². The quantitative estimate of drug-likeness (QED) is 0.612. The Morgan fingerprint density at radius 2 is 2.04 bits per heavy atom. The molecule has 134 valence electrons. The maximum atomic E-state index is 4.39. The number of guanidine groups is 1. The normalized spacial score (nSPS) is 22.6. The van der Waals surface area contributed by atoms with Crippen molar-refractivity contribution in [1.82, 2.24) is 15.5 Å². The molecule has 1 fully saturated rings. The first-order chi connectivity index (χ1) is 11.4. The van der Waals surface area contributed by atoms with Crippen LogP contribution >= 0.6 is 11.8 Å². The van der Waals surface area contributed by atoms with Crippen molar-refractivity contribution in [2.24, 2.45) is 4.99 Å². The van der Waals surface area contributed by atoms with Gasteiger partial charge in [0.05, 0.1) is 0 Å². The SMILES string of the molecule is CN=C(NCC(C)(C)SC)NC1CC(C)N(Cc2ccccc2)C1. The third-order valence-corrected chi connectivity index (χ3v) is 5.98. The molecule has 1 saturated heterocycles. The summed E-state index contributed by atoms with van der Waals surface area (Å²) < 4.78 is 0.208. The van der Waals surface area contributed by atoms with E-state index in [-0.39, 0.29) is 4.75 Å². The molecule has 1 heterocycles. The van der Waals surface area contributed by atoms with Crippen LogP contribution in [0.25, 0.3) is 0 Å². The van der Waals surface area contributed by atoms with Crippen molar-refractivity contribution in [3.8, 4) is 0 Å². The fourth-order valence-electron chi connectivity index (χ4n) is 3.00. The Morgan fingerprint density at radius 3 is 2.67 bits per heavy atom. The van der Waals surface area contributed by atoms with Crippen LogP contribution in [0.1, 0.15) is 32.8 Å². The van der Waals surface area contributed by atoms with Crippen molar-refractivity contribution in [3.63, 3.8) is 0 Å². The number of nitrogens with zero attached hydrogens (tertiary/aromatic N) is 2. The fraction of sp³-hybridized carbons (Fsp3) is 0.632. The monoisotopic (exact) mass is 348 g/mol. The van der Waals surface area contributed by atoms with Crippen molar-refractivity contribution in [1.29, 1.82) is 0 Å². The van der Waals surface area contributed by atoms with Gasteiger partial charge in [-0.2, -0.15) is 11.8 Å². The molecule has 1 aromatic rings. The van der Waals surface area contributed by atoms with Crippen LogP contribution in [-0.2, 0) is 6.54 Å². The van der Waals surface area contributed by atoms with Crippen molar-refractivity contribution in [2.45, 2.75) is 50.6 Å². The van der Waals surface area contributed by atoms with Gasteiger partial charge in [0.15, 0.2) is 5.96 Å². The summed E-state index contributed by atoms with van der Waals surface area (Å²) in [5.74, 6) is 0.913. The van der Waals surface area contributed by atoms with Crippen LogP contribution in [0.15, 0.2) is 35.3 Å². The molecule has 0 spiro atoms. The highest BCUT2D eigenvalue weighted by Crippen LogP contribution is 2.21. The molecule has 0 saturated carbocycles. The molecule has 1 aliphatic heterocycles. The van der Waals surface area contributed by atoms with Gasteiger partial charge in [0.2, 0.25) is 0 Å². The molecule has 1 aliphatic rings. The molecule has 2 N–H and O–H groups in total. The fourth-order valence-corrected chi connectivity index (χ4v) is 3.21. The van der Waals surface area contributed by atoms with Crippen LogP contribution < -0.4 is 10.6 Å². The zero-order valence-corrected chi connectivity index (χ0v) is 16.5. The summed E-state index contributed by atoms with van der Waals surface area (Å²) in [7, 11) is 1.85. The van der Waals surface area contributed by atoms with Gasteiger partial charge in [-0.05, 0) is 39.0 Å². The molecule has 2 atom stereocenters. The first-order valence-electron chi connectivity index (χ1n) is 8.74. The van der Waals surface area contributed by atoms with E-state index in [1.807, 2.05) is 18.8 Å². The minimum atomic E-state index is 0.208. The lowest BCUT2D eigenvalue weighted by Crippen LogP contribution is -2.47. The summed E-state index contributed by atoms with van der Waals surface area (Å²) in [6, 6.07) is 11.8. The van der Waals surface area contributed by atoms with Gasteiger partial charge in [0, 0.05) is 43.5 Å². The average Bonchev–Trinajstić information content (AvgIpc) is 2.92. The molecule has 0 radical (unpaired) electrons. The minimum Gasteiger partial charge on any atom is -0.355 e. The average molecular weight is 349 g/mol. The number of thioether (sulfide) groups is 1. The molecular weight excluding hydrogens is 316 g/mol. The summed E-state index contributed by atoms with van der Waals surface area (Å²) in [5, 5.41) is 7.06. The number of nitrogens with one attached hydrogen (secondary N) is 2. The van der Waals surface area contributed by atoms with E-state index in [0.29, 0.717) is 12.1 Å². The van der Waals surface area contributed by atoms with E-state index in [2.05, 4.69) is 77.9 Å². The minimum absolute atomic E-state index is 0.208. The molecule has 0 aliphatic carbocycles. The summed E-state index contributed by atoms with van der Waals surface area (Å²) in [6.45, 7) is 9.80. The molecule has 24 heavy (non-hydrogen) atoms. The topological polar surface area (TPSA) is 39.7 Å². The number of aliphatic imine (C=N–C) groups is 1. The lowest BCUT2D eigenvalue weighted by atomic mass is 10.2. The van der Waals surface area contributed by atoms with Gasteiger partial charge in [-0.25, -0.2) is 0 Å². The highest BCUT2D eigenvalue weighted by Gasteiger charge is 2.29. The van der Waals surface area contributed by atoms with Crippen molar-refractivity contribution in [2.75, 3.05) is 26.4 Å². The Kier molecular flexibility index (Phi) is 6.99. The third-order valence-electron chi connectivity index (χ3n) is 4.73. The zero-order valence-electron chi connectivity index (χ0n) is 15.7. The lowest BCUT2D eigenvalue weighted by Gasteiger charge is -2.25. The summed E-state index contributed by atoms with van der Waals surface area (Å²) in [4.78, 5) is 6.94. The molecule has 0 aromatic heterocycles. The summed E-state index contributed by atoms with van der Waals surface area (Å²) >= 11 is 1.87. The Hall–Kier alpha value is -1.20. The van der Waals surface area contributed by atoms with Crippen molar-refractivity contribution >= 4 is 17.7 Å². The second kappa shape index (κ2) is 8.77. The van der Waals surface area contributed by atoms with Crippen LogP contribution in [0.5, 0.6) is 0 Å². The Bertz CT molecular complexity index is 529. The van der Waals surface area contributed by atoms with Gasteiger partial charge >= 0.3 is 0 Å². The Morgan fingerprint density at radius 1 is 1.33 bits per heavy atom. The number of rotatable bonds is 6. The van der Waals surface area contributed by atoms with E-state index < -0.39 is 0 Å². The lowest BCUT2D eigenvalue weighted by molar-refractivity contribution is 0.258. The van der Waals surface area contributed by atoms with E-state index >= 15 is 0 Å². The smallest absolute Gasteiger partial charge is 0.191 e. The predicted octanol–water partition coefficient (Wildman–Crippen LogP) is 2.96. The van der Waals surface area contributed by atoms with Gasteiger partial charge in [-0.1, -0.05) is 30.3 Å². The first kappa shape index (κ1) is 19.1. The summed E-state index contributed by atoms with van der Waals surface area (Å²) in [6.07, 6.45) is 3.30. The second-order valence-electron chi connectivity index (χ2n) is 7.23. The Labute approximate surface area is 151 Å². The van der Waals surface area contributed by atoms with E-state index in [0.717, 1.165) is 32.0 Å². The van der Waals surface area contributed by atoms with Crippen molar-refractivity contribution < 1.29 is 0 Å². The molecule has 0 bridgehead atoms.